The van der Waals surface area contributed by atoms with Crippen LogP contribution >= 0.6 is 15.9 Å². The number of halogens is 1. The summed E-state index contributed by atoms with van der Waals surface area (Å²) in [6.45, 7) is 0. The molecule has 2 heterocycles. The molecule has 0 amide bonds. The molecule has 0 aliphatic rings. The summed E-state index contributed by atoms with van der Waals surface area (Å²) in [6, 6.07) is 11.5. The highest BCUT2D eigenvalue weighted by molar-refractivity contribution is 9.10. The minimum absolute atomic E-state index is 0.599. The van der Waals surface area contributed by atoms with Crippen molar-refractivity contribution in [3.05, 3.63) is 46.7 Å². The molecule has 0 unspecified atom stereocenters. The Morgan fingerprint density at radius 1 is 1.10 bits per heavy atom. The number of nitrogens with zero attached hydrogens (tertiary/aromatic N) is 3. The van der Waals surface area contributed by atoms with Crippen molar-refractivity contribution >= 4 is 38.0 Å². The van der Waals surface area contributed by atoms with E-state index in [1.165, 1.54) is 0 Å². The number of benzene rings is 2. The highest BCUT2D eigenvalue weighted by Gasteiger charge is 2.11. The molecule has 0 bridgehead atoms. The van der Waals surface area contributed by atoms with Gasteiger partial charge in [0, 0.05) is 10.0 Å². The van der Waals surface area contributed by atoms with E-state index in [9.17, 15) is 0 Å². The van der Waals surface area contributed by atoms with Crippen LogP contribution < -0.4 is 0 Å². The van der Waals surface area contributed by atoms with Crippen LogP contribution in [0.1, 0.15) is 5.56 Å². The van der Waals surface area contributed by atoms with Gasteiger partial charge in [0.2, 0.25) is 0 Å². The van der Waals surface area contributed by atoms with Gasteiger partial charge < -0.3 is 9.97 Å². The lowest BCUT2D eigenvalue weighted by atomic mass is 10.1. The fraction of sp³-hybridized carbons (Fsp3) is 0. The molecule has 0 spiro atoms. The van der Waals surface area contributed by atoms with E-state index in [1.807, 2.05) is 24.3 Å². The van der Waals surface area contributed by atoms with Crippen LogP contribution in [0, 0.1) is 11.3 Å². The Morgan fingerprint density at radius 2 is 2.00 bits per heavy atom. The average molecular weight is 338 g/mol. The van der Waals surface area contributed by atoms with Gasteiger partial charge in [-0.2, -0.15) is 5.26 Å². The van der Waals surface area contributed by atoms with Gasteiger partial charge in [-0.25, -0.2) is 9.97 Å². The van der Waals surface area contributed by atoms with E-state index < -0.39 is 0 Å². The van der Waals surface area contributed by atoms with Crippen molar-refractivity contribution < 1.29 is 0 Å². The first-order chi connectivity index (χ1) is 10.2. The second kappa shape index (κ2) is 4.43. The highest BCUT2D eigenvalue weighted by atomic mass is 79.9. The summed E-state index contributed by atoms with van der Waals surface area (Å²) in [5, 5.41) is 9.03. The van der Waals surface area contributed by atoms with Gasteiger partial charge in [0.1, 0.15) is 5.82 Å². The van der Waals surface area contributed by atoms with Crippen LogP contribution in [0.25, 0.3) is 33.5 Å². The van der Waals surface area contributed by atoms with Gasteiger partial charge in [-0.05, 0) is 30.3 Å². The van der Waals surface area contributed by atoms with Crippen LogP contribution in [0.4, 0.5) is 0 Å². The quantitative estimate of drug-likeness (QED) is 0.555. The zero-order valence-corrected chi connectivity index (χ0v) is 12.3. The lowest BCUT2D eigenvalue weighted by Crippen LogP contribution is -1.84. The molecule has 0 radical (unpaired) electrons. The molecule has 0 atom stereocenters. The lowest BCUT2D eigenvalue weighted by Gasteiger charge is -2.00. The van der Waals surface area contributed by atoms with Gasteiger partial charge in [-0.15, -0.1) is 0 Å². The maximum absolute atomic E-state index is 9.03. The van der Waals surface area contributed by atoms with Crippen LogP contribution in [-0.4, -0.2) is 19.9 Å². The molecule has 6 heteroatoms. The van der Waals surface area contributed by atoms with E-state index in [4.69, 9.17) is 5.26 Å². The first kappa shape index (κ1) is 12.1. The molecule has 21 heavy (non-hydrogen) atoms. The summed E-state index contributed by atoms with van der Waals surface area (Å²) in [5.74, 6) is 0.724. The Balaban J connectivity index is 1.96. The molecular weight excluding hydrogens is 330 g/mol. The molecule has 2 aromatic carbocycles. The minimum atomic E-state index is 0.599. The number of aromatic amines is 2. The Hall–Kier alpha value is -2.65. The van der Waals surface area contributed by atoms with Crippen LogP contribution in [0.2, 0.25) is 0 Å². The largest absolute Gasteiger partial charge is 0.345 e. The van der Waals surface area contributed by atoms with Gasteiger partial charge >= 0.3 is 0 Å². The average Bonchev–Trinajstić information content (AvgIpc) is 3.10. The van der Waals surface area contributed by atoms with Crippen LogP contribution in [-0.2, 0) is 0 Å². The number of H-pyrrole nitrogens is 2. The summed E-state index contributed by atoms with van der Waals surface area (Å²) in [4.78, 5) is 15.2. The maximum Gasteiger partial charge on any atom is 0.139 e. The van der Waals surface area contributed by atoms with Crippen molar-refractivity contribution in [2.24, 2.45) is 0 Å². The standard InChI is InChI=1S/C15H8BrN5/c16-10-2-1-8(6-17)3-9(10)15-20-13-4-11-12(19-7-18-11)5-14(13)21-15/h1-5,7H,(H,18,19)(H,20,21). The molecule has 100 valence electrons. The van der Waals surface area contributed by atoms with Crippen molar-refractivity contribution in [2.75, 3.05) is 0 Å². The summed E-state index contributed by atoms with van der Waals surface area (Å²) < 4.78 is 0.893. The van der Waals surface area contributed by atoms with E-state index in [0.29, 0.717) is 5.56 Å². The number of aromatic nitrogens is 4. The zero-order chi connectivity index (χ0) is 14.4. The summed E-state index contributed by atoms with van der Waals surface area (Å²) in [5.41, 5.74) is 5.08. The van der Waals surface area contributed by atoms with Gasteiger partial charge in [-0.3, -0.25) is 0 Å². The van der Waals surface area contributed by atoms with Crippen molar-refractivity contribution in [1.82, 2.24) is 19.9 Å². The number of hydrogen-bond acceptors (Lipinski definition) is 3. The second-order valence-electron chi connectivity index (χ2n) is 4.68. The third kappa shape index (κ3) is 1.90. The molecule has 4 rings (SSSR count). The normalized spacial score (nSPS) is 11.0. The van der Waals surface area contributed by atoms with Gasteiger partial charge in [0.25, 0.3) is 0 Å². The number of fused-ring (bicyclic) bond motifs is 2. The van der Waals surface area contributed by atoms with E-state index in [0.717, 1.165) is 37.9 Å². The maximum atomic E-state index is 9.03. The second-order valence-corrected chi connectivity index (χ2v) is 5.54. The smallest absolute Gasteiger partial charge is 0.139 e. The van der Waals surface area contributed by atoms with E-state index in [1.54, 1.807) is 12.4 Å². The fourth-order valence-corrected chi connectivity index (χ4v) is 2.78. The molecule has 5 nitrogen and oxygen atoms in total. The van der Waals surface area contributed by atoms with Crippen molar-refractivity contribution in [3.8, 4) is 17.5 Å². The monoisotopic (exact) mass is 337 g/mol. The molecule has 0 aliphatic carbocycles. The number of nitriles is 1. The molecule has 0 fully saturated rings. The number of rotatable bonds is 1. The van der Waals surface area contributed by atoms with Gasteiger partial charge in [-0.1, -0.05) is 15.9 Å². The Bertz CT molecular complexity index is 974. The van der Waals surface area contributed by atoms with E-state index in [-0.39, 0.29) is 0 Å². The first-order valence-electron chi connectivity index (χ1n) is 6.27. The Kier molecular flexibility index (Phi) is 2.56. The predicted octanol–water partition coefficient (Wildman–Crippen LogP) is 3.74. The fourth-order valence-electron chi connectivity index (χ4n) is 2.34. The molecule has 4 aromatic rings. The molecule has 0 saturated heterocycles. The Labute approximate surface area is 127 Å². The lowest BCUT2D eigenvalue weighted by molar-refractivity contribution is 1.32. The summed E-state index contributed by atoms with van der Waals surface area (Å²) in [7, 11) is 0. The molecule has 0 aliphatic heterocycles. The first-order valence-corrected chi connectivity index (χ1v) is 7.07. The molecule has 2 aromatic heterocycles. The topological polar surface area (TPSA) is 81.2 Å². The zero-order valence-electron chi connectivity index (χ0n) is 10.7. The van der Waals surface area contributed by atoms with Crippen LogP contribution in [0.5, 0.6) is 0 Å². The van der Waals surface area contributed by atoms with Gasteiger partial charge in [0.15, 0.2) is 0 Å². The minimum Gasteiger partial charge on any atom is -0.345 e. The van der Waals surface area contributed by atoms with Crippen LogP contribution in [0.15, 0.2) is 41.1 Å². The highest BCUT2D eigenvalue weighted by Crippen LogP contribution is 2.29. The molecule has 2 N–H and O–H groups in total. The van der Waals surface area contributed by atoms with Crippen molar-refractivity contribution in [1.29, 1.82) is 5.26 Å². The molecule has 0 saturated carbocycles. The third-order valence-electron chi connectivity index (χ3n) is 3.37. The number of nitrogens with one attached hydrogen (secondary N) is 2. The number of hydrogen-bond donors (Lipinski definition) is 2. The summed E-state index contributed by atoms with van der Waals surface area (Å²) in [6.07, 6.45) is 1.66. The van der Waals surface area contributed by atoms with Crippen LogP contribution in [0.3, 0.4) is 0 Å². The van der Waals surface area contributed by atoms with Gasteiger partial charge in [0.05, 0.1) is 40.0 Å². The molecular formula is C15H8BrN5. The van der Waals surface area contributed by atoms with E-state index >= 15 is 0 Å². The summed E-state index contributed by atoms with van der Waals surface area (Å²) >= 11 is 3.50. The SMILES string of the molecule is N#Cc1ccc(Br)c(-c2nc3cc4nc[nH]c4cc3[nH]2)c1. The number of imidazole rings is 2. The van der Waals surface area contributed by atoms with E-state index in [2.05, 4.69) is 41.9 Å². The Morgan fingerprint density at radius 3 is 2.86 bits per heavy atom. The van der Waals surface area contributed by atoms with Crippen molar-refractivity contribution in [2.45, 2.75) is 0 Å². The third-order valence-corrected chi connectivity index (χ3v) is 4.07. The van der Waals surface area contributed by atoms with Crippen molar-refractivity contribution in [3.63, 3.8) is 0 Å². The predicted molar refractivity (Wildman–Crippen MR) is 83.6 cm³/mol.